The summed E-state index contributed by atoms with van der Waals surface area (Å²) in [6, 6.07) is 20.9. The van der Waals surface area contributed by atoms with Crippen molar-refractivity contribution in [3.8, 4) is 0 Å². The van der Waals surface area contributed by atoms with Crippen LogP contribution >= 0.6 is 0 Å². The van der Waals surface area contributed by atoms with Crippen LogP contribution in [-0.2, 0) is 0 Å². The number of allylic oxidation sites excluding steroid dienone is 3. The number of hydrogen-bond donors (Lipinski definition) is 0. The molecular weight excluding hydrogens is 204 g/mol. The van der Waals surface area contributed by atoms with Gasteiger partial charge in [-0.25, -0.2) is 0 Å². The largest absolute Gasteiger partial charge is 0.0876 e. The van der Waals surface area contributed by atoms with Crippen LogP contribution in [0, 0.1) is 0 Å². The Bertz CT molecular complexity index is 463. The van der Waals surface area contributed by atoms with Crippen molar-refractivity contribution in [3.05, 3.63) is 90.0 Å². The summed E-state index contributed by atoms with van der Waals surface area (Å²) in [5.74, 6) is 0. The molecule has 0 heterocycles. The van der Waals surface area contributed by atoms with Crippen molar-refractivity contribution in [3.63, 3.8) is 0 Å². The molecule has 0 saturated heterocycles. The molecule has 0 saturated carbocycles. The third kappa shape index (κ3) is 2.94. The number of benzene rings is 2. The first-order chi connectivity index (χ1) is 8.42. The lowest BCUT2D eigenvalue weighted by molar-refractivity contribution is 1.54. The summed E-state index contributed by atoms with van der Waals surface area (Å²) in [6.07, 6.45) is 6.28. The Hall–Kier alpha value is -2.08. The minimum atomic E-state index is 1.25. The van der Waals surface area contributed by atoms with Crippen molar-refractivity contribution in [2.75, 3.05) is 0 Å². The maximum Gasteiger partial charge on any atom is -0.0112 e. The maximum absolute atomic E-state index is 2.16. The molecule has 0 aromatic heterocycles. The number of hydrogen-bond acceptors (Lipinski definition) is 0. The van der Waals surface area contributed by atoms with Crippen LogP contribution in [0.4, 0.5) is 0 Å². The summed E-state index contributed by atoms with van der Waals surface area (Å²) in [5.41, 5.74) is 3.75. The van der Waals surface area contributed by atoms with Crippen molar-refractivity contribution in [2.24, 2.45) is 0 Å². The standard InChI is InChI=1S/C17H16/c1-2-3-14-17(15-10-6-4-7-11-15)16-12-8-5-9-13-16/h2-14H,1H3/b3-2-. The highest BCUT2D eigenvalue weighted by Crippen LogP contribution is 2.22. The van der Waals surface area contributed by atoms with Gasteiger partial charge in [0.2, 0.25) is 0 Å². The van der Waals surface area contributed by atoms with E-state index in [0.29, 0.717) is 0 Å². The van der Waals surface area contributed by atoms with Crippen molar-refractivity contribution < 1.29 is 0 Å². The Morgan fingerprint density at radius 1 is 0.765 bits per heavy atom. The van der Waals surface area contributed by atoms with Gasteiger partial charge in [0, 0.05) is 0 Å². The average molecular weight is 220 g/mol. The Morgan fingerprint density at radius 3 is 1.65 bits per heavy atom. The molecule has 0 fully saturated rings. The second-order valence-corrected chi connectivity index (χ2v) is 3.84. The molecule has 17 heavy (non-hydrogen) atoms. The van der Waals surface area contributed by atoms with E-state index in [2.05, 4.69) is 60.7 Å². The Morgan fingerprint density at radius 2 is 1.24 bits per heavy atom. The third-order valence-corrected chi connectivity index (χ3v) is 2.62. The highest BCUT2D eigenvalue weighted by atomic mass is 14.1. The van der Waals surface area contributed by atoms with Gasteiger partial charge >= 0.3 is 0 Å². The van der Waals surface area contributed by atoms with Crippen LogP contribution in [-0.4, -0.2) is 0 Å². The predicted octanol–water partition coefficient (Wildman–Crippen LogP) is 4.69. The molecule has 84 valence electrons. The first-order valence-corrected chi connectivity index (χ1v) is 5.85. The molecule has 2 aromatic rings. The van der Waals surface area contributed by atoms with Crippen molar-refractivity contribution in [2.45, 2.75) is 6.92 Å². The number of rotatable bonds is 3. The van der Waals surface area contributed by atoms with E-state index >= 15 is 0 Å². The minimum absolute atomic E-state index is 1.25. The van der Waals surface area contributed by atoms with Crippen LogP contribution in [0.25, 0.3) is 5.57 Å². The van der Waals surface area contributed by atoms with Gasteiger partial charge in [-0.1, -0.05) is 78.9 Å². The molecule has 0 N–H and O–H groups in total. The molecule has 0 unspecified atom stereocenters. The summed E-state index contributed by atoms with van der Waals surface area (Å²) in [5, 5.41) is 0. The van der Waals surface area contributed by atoms with Crippen LogP contribution in [0.15, 0.2) is 78.9 Å². The van der Waals surface area contributed by atoms with Gasteiger partial charge in [0.05, 0.1) is 0 Å². The van der Waals surface area contributed by atoms with Crippen molar-refractivity contribution in [1.29, 1.82) is 0 Å². The SMILES string of the molecule is C/C=C\C=C(c1ccccc1)c1ccccc1. The van der Waals surface area contributed by atoms with Crippen LogP contribution < -0.4 is 0 Å². The van der Waals surface area contributed by atoms with Gasteiger partial charge in [0.15, 0.2) is 0 Å². The molecule has 0 aliphatic heterocycles. The summed E-state index contributed by atoms with van der Waals surface area (Å²) < 4.78 is 0. The van der Waals surface area contributed by atoms with Crippen LogP contribution in [0.5, 0.6) is 0 Å². The van der Waals surface area contributed by atoms with Crippen LogP contribution in [0.2, 0.25) is 0 Å². The lowest BCUT2D eigenvalue weighted by Gasteiger charge is -2.07. The monoisotopic (exact) mass is 220 g/mol. The lowest BCUT2D eigenvalue weighted by atomic mass is 9.97. The second-order valence-electron chi connectivity index (χ2n) is 3.84. The maximum atomic E-state index is 2.16. The first-order valence-electron chi connectivity index (χ1n) is 5.85. The normalized spacial score (nSPS) is 10.4. The van der Waals surface area contributed by atoms with Gasteiger partial charge in [-0.15, -0.1) is 0 Å². The fourth-order valence-electron chi connectivity index (χ4n) is 1.79. The first kappa shape index (κ1) is 11.4. The van der Waals surface area contributed by atoms with Crippen molar-refractivity contribution in [1.82, 2.24) is 0 Å². The molecule has 0 bridgehead atoms. The lowest BCUT2D eigenvalue weighted by Crippen LogP contribution is -1.86. The van der Waals surface area contributed by atoms with Crippen LogP contribution in [0.1, 0.15) is 18.1 Å². The van der Waals surface area contributed by atoms with Gasteiger partial charge < -0.3 is 0 Å². The summed E-state index contributed by atoms with van der Waals surface area (Å²) in [4.78, 5) is 0. The van der Waals surface area contributed by atoms with E-state index in [4.69, 9.17) is 0 Å². The van der Waals surface area contributed by atoms with Gasteiger partial charge in [-0.2, -0.15) is 0 Å². The molecule has 2 rings (SSSR count). The molecule has 2 aromatic carbocycles. The highest BCUT2D eigenvalue weighted by Gasteiger charge is 2.02. The minimum Gasteiger partial charge on any atom is -0.0876 e. The van der Waals surface area contributed by atoms with Gasteiger partial charge in [0.1, 0.15) is 0 Å². The van der Waals surface area contributed by atoms with Gasteiger partial charge in [-0.3, -0.25) is 0 Å². The summed E-state index contributed by atoms with van der Waals surface area (Å²) >= 11 is 0. The van der Waals surface area contributed by atoms with E-state index in [1.54, 1.807) is 0 Å². The van der Waals surface area contributed by atoms with E-state index in [0.717, 1.165) is 0 Å². The molecule has 0 aliphatic rings. The Kier molecular flexibility index (Phi) is 3.93. The summed E-state index contributed by atoms with van der Waals surface area (Å²) in [6.45, 7) is 2.03. The average Bonchev–Trinajstić information content (AvgIpc) is 2.42. The van der Waals surface area contributed by atoms with E-state index < -0.39 is 0 Å². The highest BCUT2D eigenvalue weighted by molar-refractivity contribution is 5.80. The van der Waals surface area contributed by atoms with Crippen molar-refractivity contribution >= 4 is 5.57 Å². The zero-order valence-electron chi connectivity index (χ0n) is 10.0. The third-order valence-electron chi connectivity index (χ3n) is 2.62. The zero-order chi connectivity index (χ0) is 11.9. The second kappa shape index (κ2) is 5.86. The van der Waals surface area contributed by atoms with Gasteiger partial charge in [0.25, 0.3) is 0 Å². The topological polar surface area (TPSA) is 0 Å². The smallest absolute Gasteiger partial charge is 0.0112 e. The van der Waals surface area contributed by atoms with E-state index in [1.165, 1.54) is 16.7 Å². The van der Waals surface area contributed by atoms with E-state index in [-0.39, 0.29) is 0 Å². The summed E-state index contributed by atoms with van der Waals surface area (Å²) in [7, 11) is 0. The van der Waals surface area contributed by atoms with Gasteiger partial charge in [-0.05, 0) is 23.6 Å². The van der Waals surface area contributed by atoms with Crippen LogP contribution in [0.3, 0.4) is 0 Å². The predicted molar refractivity (Wildman–Crippen MR) is 74.8 cm³/mol. The molecule has 0 nitrogen and oxygen atoms in total. The fraction of sp³-hybridized carbons (Fsp3) is 0.0588. The molecule has 0 heteroatoms. The zero-order valence-corrected chi connectivity index (χ0v) is 10.0. The molecular formula is C17H16. The molecule has 0 atom stereocenters. The quantitative estimate of drug-likeness (QED) is 0.658. The molecule has 0 amide bonds. The Labute approximate surface area is 103 Å². The molecule has 0 radical (unpaired) electrons. The molecule has 0 spiro atoms. The van der Waals surface area contributed by atoms with E-state index in [9.17, 15) is 0 Å². The Balaban J connectivity index is 2.47. The molecule has 0 aliphatic carbocycles. The fourth-order valence-corrected chi connectivity index (χ4v) is 1.79. The van der Waals surface area contributed by atoms with E-state index in [1.807, 2.05) is 25.1 Å².